The van der Waals surface area contributed by atoms with Crippen molar-refractivity contribution in [1.29, 1.82) is 5.26 Å². The first-order valence-corrected chi connectivity index (χ1v) is 6.64. The maximum absolute atomic E-state index is 11.9. The van der Waals surface area contributed by atoms with Gasteiger partial charge in [-0.1, -0.05) is 18.2 Å². The molecule has 1 amide bonds. The van der Waals surface area contributed by atoms with Crippen LogP contribution in [0.2, 0.25) is 0 Å². The second-order valence-electron chi connectivity index (χ2n) is 4.59. The molecule has 2 aromatic carbocycles. The first kappa shape index (κ1) is 14.6. The van der Waals surface area contributed by atoms with E-state index in [1.807, 2.05) is 30.3 Å². The van der Waals surface area contributed by atoms with Gasteiger partial charge < -0.3 is 10.1 Å². The van der Waals surface area contributed by atoms with Crippen LogP contribution in [0.4, 0.5) is 5.69 Å². The van der Waals surface area contributed by atoms with E-state index in [1.165, 1.54) is 0 Å². The first-order chi connectivity index (χ1) is 10.2. The average Bonchev–Trinajstić information content (AvgIpc) is 2.53. The average molecular weight is 280 g/mol. The number of carbonyl (C=O) groups is 1. The quantitative estimate of drug-likeness (QED) is 0.915. The monoisotopic (exact) mass is 280 g/mol. The third kappa shape index (κ3) is 4.36. The fraction of sp³-hybridized carbons (Fsp3) is 0.176. The highest BCUT2D eigenvalue weighted by molar-refractivity contribution is 5.91. The van der Waals surface area contributed by atoms with Gasteiger partial charge in [0.1, 0.15) is 5.75 Å². The number of methoxy groups -OCH3 is 1. The largest absolute Gasteiger partial charge is 0.497 e. The number of hydrogen-bond acceptors (Lipinski definition) is 3. The van der Waals surface area contributed by atoms with Gasteiger partial charge in [0.15, 0.2) is 0 Å². The summed E-state index contributed by atoms with van der Waals surface area (Å²) in [5.41, 5.74) is 2.38. The van der Waals surface area contributed by atoms with Crippen LogP contribution in [-0.2, 0) is 11.2 Å². The number of ether oxygens (including phenoxy) is 1. The summed E-state index contributed by atoms with van der Waals surface area (Å²) in [6.45, 7) is 0. The van der Waals surface area contributed by atoms with Crippen LogP contribution in [0.1, 0.15) is 17.5 Å². The molecule has 0 unspecified atom stereocenters. The van der Waals surface area contributed by atoms with Crippen molar-refractivity contribution in [3.8, 4) is 11.8 Å². The van der Waals surface area contributed by atoms with Gasteiger partial charge in [0.25, 0.3) is 0 Å². The van der Waals surface area contributed by atoms with Crippen molar-refractivity contribution in [1.82, 2.24) is 0 Å². The molecule has 106 valence electrons. The molecule has 0 aliphatic heterocycles. The summed E-state index contributed by atoms with van der Waals surface area (Å²) in [4.78, 5) is 11.9. The molecule has 0 atom stereocenters. The second kappa shape index (κ2) is 7.11. The predicted octanol–water partition coefficient (Wildman–Crippen LogP) is 3.14. The lowest BCUT2D eigenvalue weighted by molar-refractivity contribution is -0.116. The van der Waals surface area contributed by atoms with E-state index in [9.17, 15) is 4.79 Å². The van der Waals surface area contributed by atoms with Gasteiger partial charge in [0.2, 0.25) is 5.91 Å². The molecule has 1 N–H and O–H groups in total. The summed E-state index contributed by atoms with van der Waals surface area (Å²) in [5, 5.41) is 11.6. The SMILES string of the molecule is COc1cccc(NC(=O)CCc2ccc(C#N)cc2)c1. The minimum absolute atomic E-state index is 0.0485. The Bertz CT molecular complexity index is 657. The fourth-order valence-electron chi connectivity index (χ4n) is 1.93. The Morgan fingerprint density at radius 3 is 2.67 bits per heavy atom. The van der Waals surface area contributed by atoms with Crippen molar-refractivity contribution in [3.63, 3.8) is 0 Å². The van der Waals surface area contributed by atoms with E-state index < -0.39 is 0 Å². The number of aryl methyl sites for hydroxylation is 1. The normalized spacial score (nSPS) is 9.71. The fourth-order valence-corrected chi connectivity index (χ4v) is 1.93. The van der Waals surface area contributed by atoms with Crippen LogP contribution in [-0.4, -0.2) is 13.0 Å². The number of nitriles is 1. The number of hydrogen-bond donors (Lipinski definition) is 1. The molecule has 0 spiro atoms. The highest BCUT2D eigenvalue weighted by Gasteiger charge is 2.04. The van der Waals surface area contributed by atoms with Gasteiger partial charge in [-0.15, -0.1) is 0 Å². The Morgan fingerprint density at radius 1 is 1.24 bits per heavy atom. The van der Waals surface area contributed by atoms with E-state index in [0.717, 1.165) is 11.3 Å². The summed E-state index contributed by atoms with van der Waals surface area (Å²) < 4.78 is 5.11. The molecular formula is C17H16N2O2. The number of rotatable bonds is 5. The molecule has 0 aliphatic carbocycles. The Balaban J connectivity index is 1.88. The van der Waals surface area contributed by atoms with Crippen LogP contribution in [0.15, 0.2) is 48.5 Å². The third-order valence-electron chi connectivity index (χ3n) is 3.08. The Hall–Kier alpha value is -2.80. The molecule has 0 heterocycles. The lowest BCUT2D eigenvalue weighted by Gasteiger charge is -2.07. The zero-order valence-electron chi connectivity index (χ0n) is 11.8. The van der Waals surface area contributed by atoms with Gasteiger partial charge in [0, 0.05) is 18.2 Å². The molecule has 0 fully saturated rings. The Morgan fingerprint density at radius 2 is 2.00 bits per heavy atom. The minimum Gasteiger partial charge on any atom is -0.497 e. The Labute approximate surface area is 124 Å². The Kier molecular flexibility index (Phi) is 4.94. The molecule has 0 aromatic heterocycles. The van der Waals surface area contributed by atoms with Crippen LogP contribution in [0, 0.1) is 11.3 Å². The van der Waals surface area contributed by atoms with Crippen molar-refractivity contribution in [3.05, 3.63) is 59.7 Å². The number of anilines is 1. The lowest BCUT2D eigenvalue weighted by atomic mass is 10.1. The summed E-state index contributed by atoms with van der Waals surface area (Å²) in [6, 6.07) is 16.6. The summed E-state index contributed by atoms with van der Waals surface area (Å²) in [5.74, 6) is 0.660. The zero-order chi connectivity index (χ0) is 15.1. The highest BCUT2D eigenvalue weighted by Crippen LogP contribution is 2.17. The van der Waals surface area contributed by atoms with E-state index in [1.54, 1.807) is 25.3 Å². The smallest absolute Gasteiger partial charge is 0.224 e. The van der Waals surface area contributed by atoms with Gasteiger partial charge >= 0.3 is 0 Å². The van der Waals surface area contributed by atoms with Gasteiger partial charge in [-0.25, -0.2) is 0 Å². The van der Waals surface area contributed by atoms with Crippen LogP contribution < -0.4 is 10.1 Å². The summed E-state index contributed by atoms with van der Waals surface area (Å²) >= 11 is 0. The molecule has 2 aromatic rings. The van der Waals surface area contributed by atoms with Crippen molar-refractivity contribution >= 4 is 11.6 Å². The van der Waals surface area contributed by atoms with Crippen LogP contribution in [0.3, 0.4) is 0 Å². The maximum Gasteiger partial charge on any atom is 0.224 e. The molecule has 2 rings (SSSR count). The topological polar surface area (TPSA) is 62.1 Å². The standard InChI is InChI=1S/C17H16N2O2/c1-21-16-4-2-3-15(11-16)19-17(20)10-9-13-5-7-14(12-18)8-6-13/h2-8,11H,9-10H2,1H3,(H,19,20). The molecule has 0 saturated carbocycles. The number of nitrogens with one attached hydrogen (secondary N) is 1. The predicted molar refractivity (Wildman–Crippen MR) is 81.1 cm³/mol. The van der Waals surface area contributed by atoms with E-state index in [0.29, 0.717) is 24.2 Å². The number of nitrogens with zero attached hydrogens (tertiary/aromatic N) is 1. The van der Waals surface area contributed by atoms with Crippen molar-refractivity contribution in [2.75, 3.05) is 12.4 Å². The zero-order valence-corrected chi connectivity index (χ0v) is 11.8. The molecule has 4 heteroatoms. The van der Waals surface area contributed by atoms with E-state index >= 15 is 0 Å². The van der Waals surface area contributed by atoms with Crippen molar-refractivity contribution < 1.29 is 9.53 Å². The number of carbonyl (C=O) groups excluding carboxylic acids is 1. The molecule has 21 heavy (non-hydrogen) atoms. The second-order valence-corrected chi connectivity index (χ2v) is 4.59. The molecule has 4 nitrogen and oxygen atoms in total. The van der Waals surface area contributed by atoms with Gasteiger partial charge in [-0.05, 0) is 36.2 Å². The maximum atomic E-state index is 11.9. The van der Waals surface area contributed by atoms with Crippen LogP contribution in [0.5, 0.6) is 5.75 Å². The third-order valence-corrected chi connectivity index (χ3v) is 3.08. The molecule has 0 radical (unpaired) electrons. The van der Waals surface area contributed by atoms with E-state index in [-0.39, 0.29) is 5.91 Å². The van der Waals surface area contributed by atoms with Gasteiger partial charge in [-0.2, -0.15) is 5.26 Å². The number of benzene rings is 2. The summed E-state index contributed by atoms with van der Waals surface area (Å²) in [6.07, 6.45) is 1.03. The van der Waals surface area contributed by atoms with E-state index in [2.05, 4.69) is 11.4 Å². The van der Waals surface area contributed by atoms with Crippen molar-refractivity contribution in [2.24, 2.45) is 0 Å². The minimum atomic E-state index is -0.0485. The molecular weight excluding hydrogens is 264 g/mol. The first-order valence-electron chi connectivity index (χ1n) is 6.64. The van der Waals surface area contributed by atoms with Crippen molar-refractivity contribution in [2.45, 2.75) is 12.8 Å². The molecule has 0 aliphatic rings. The molecule has 0 bridgehead atoms. The van der Waals surface area contributed by atoms with Crippen LogP contribution >= 0.6 is 0 Å². The van der Waals surface area contributed by atoms with E-state index in [4.69, 9.17) is 10.00 Å². The van der Waals surface area contributed by atoms with Crippen LogP contribution in [0.25, 0.3) is 0 Å². The van der Waals surface area contributed by atoms with Gasteiger partial charge in [0.05, 0.1) is 18.7 Å². The number of amides is 1. The summed E-state index contributed by atoms with van der Waals surface area (Å²) in [7, 11) is 1.59. The van der Waals surface area contributed by atoms with Gasteiger partial charge in [-0.3, -0.25) is 4.79 Å². The lowest BCUT2D eigenvalue weighted by Crippen LogP contribution is -2.12. The highest BCUT2D eigenvalue weighted by atomic mass is 16.5. The molecule has 0 saturated heterocycles.